The lowest BCUT2D eigenvalue weighted by molar-refractivity contribution is 0.128. The molecule has 0 amide bonds. The van der Waals surface area contributed by atoms with Gasteiger partial charge in [-0.25, -0.2) is 0 Å². The van der Waals surface area contributed by atoms with Crippen LogP contribution in [0.15, 0.2) is 47.1 Å². The molecule has 1 aromatic carbocycles. The molecule has 0 bridgehead atoms. The van der Waals surface area contributed by atoms with Crippen molar-refractivity contribution in [3.63, 3.8) is 0 Å². The Kier molecular flexibility index (Phi) is 3.46. The summed E-state index contributed by atoms with van der Waals surface area (Å²) in [5, 5.41) is 3.76. The van der Waals surface area contributed by atoms with Gasteiger partial charge >= 0.3 is 0 Å². The van der Waals surface area contributed by atoms with Crippen LogP contribution < -0.4 is 4.90 Å². The van der Waals surface area contributed by atoms with Gasteiger partial charge in [0.2, 0.25) is 5.88 Å². The van der Waals surface area contributed by atoms with E-state index in [2.05, 4.69) is 25.2 Å². The van der Waals surface area contributed by atoms with Gasteiger partial charge in [0.15, 0.2) is 12.0 Å². The summed E-state index contributed by atoms with van der Waals surface area (Å²) in [4.78, 5) is 1.89. The summed E-state index contributed by atoms with van der Waals surface area (Å²) in [7, 11) is 0. The number of rotatable bonds is 4. The molecule has 2 aromatic rings. The third-order valence-electron chi connectivity index (χ3n) is 3.54. The summed E-state index contributed by atoms with van der Waals surface area (Å²) < 4.78 is 11.3. The minimum absolute atomic E-state index is 0.108. The lowest BCUT2D eigenvalue weighted by atomic mass is 10.1. The molecule has 4 nitrogen and oxygen atoms in total. The van der Waals surface area contributed by atoms with Crippen LogP contribution in [0, 0.1) is 12.1 Å². The van der Waals surface area contributed by atoms with Crippen molar-refractivity contribution >= 4 is 11.6 Å². The van der Waals surface area contributed by atoms with Gasteiger partial charge in [0, 0.05) is 17.5 Å². The second-order valence-corrected chi connectivity index (χ2v) is 4.92. The van der Waals surface area contributed by atoms with Crippen molar-refractivity contribution in [1.82, 2.24) is 5.16 Å². The van der Waals surface area contributed by atoms with Crippen molar-refractivity contribution in [3.8, 4) is 0 Å². The minimum Gasteiger partial charge on any atom is -0.467 e. The van der Waals surface area contributed by atoms with Crippen LogP contribution in [-0.2, 0) is 4.74 Å². The highest BCUT2D eigenvalue weighted by atomic mass is 16.5. The summed E-state index contributed by atoms with van der Waals surface area (Å²) in [5.74, 6) is 1.75. The van der Waals surface area contributed by atoms with Crippen LogP contribution in [0.1, 0.15) is 25.8 Å². The normalized spacial score (nSPS) is 19.6. The second-order valence-electron chi connectivity index (χ2n) is 4.92. The molecule has 2 unspecified atom stereocenters. The average Bonchev–Trinajstić information content (AvgIpc) is 3.16. The molecular formula is C16H17N2O2. The third-order valence-corrected chi connectivity index (χ3v) is 3.54. The molecule has 4 heteroatoms. The predicted octanol–water partition coefficient (Wildman–Crippen LogP) is 3.69. The van der Waals surface area contributed by atoms with Crippen LogP contribution in [0.25, 0.3) is 5.76 Å². The summed E-state index contributed by atoms with van der Waals surface area (Å²) in [6, 6.07) is 11.8. The Morgan fingerprint density at radius 2 is 2.10 bits per heavy atom. The molecule has 0 N–H and O–H groups in total. The molecule has 3 rings (SSSR count). The molecule has 0 fully saturated rings. The molecule has 0 spiro atoms. The van der Waals surface area contributed by atoms with E-state index in [1.54, 1.807) is 6.20 Å². The molecule has 2 atom stereocenters. The molecule has 20 heavy (non-hydrogen) atoms. The SMILES string of the molecule is CCC(C)C1OC(c2ccccc2)=[C]N1c1ccno1. The van der Waals surface area contributed by atoms with E-state index < -0.39 is 0 Å². The van der Waals surface area contributed by atoms with Crippen molar-refractivity contribution in [2.75, 3.05) is 4.90 Å². The van der Waals surface area contributed by atoms with Gasteiger partial charge in [-0.1, -0.05) is 49.3 Å². The Hall–Kier alpha value is -2.23. The smallest absolute Gasteiger partial charge is 0.234 e. The van der Waals surface area contributed by atoms with Gasteiger partial charge in [0.05, 0.1) is 6.20 Å². The Balaban J connectivity index is 1.93. The second kappa shape index (κ2) is 5.41. The van der Waals surface area contributed by atoms with Crippen LogP contribution in [0.2, 0.25) is 0 Å². The molecule has 1 aliphatic heterocycles. The van der Waals surface area contributed by atoms with Gasteiger partial charge in [-0.3, -0.25) is 4.90 Å². The van der Waals surface area contributed by atoms with Gasteiger partial charge in [-0.05, 0) is 6.42 Å². The lowest BCUT2D eigenvalue weighted by Crippen LogP contribution is -2.33. The van der Waals surface area contributed by atoms with Crippen molar-refractivity contribution in [2.45, 2.75) is 26.5 Å². The fourth-order valence-electron chi connectivity index (χ4n) is 2.18. The van der Waals surface area contributed by atoms with E-state index in [1.165, 1.54) is 0 Å². The van der Waals surface area contributed by atoms with E-state index >= 15 is 0 Å². The molecule has 0 saturated heterocycles. The maximum Gasteiger partial charge on any atom is 0.234 e. The topological polar surface area (TPSA) is 38.5 Å². The maximum absolute atomic E-state index is 6.08. The number of hydrogen-bond donors (Lipinski definition) is 0. The van der Waals surface area contributed by atoms with Gasteiger partial charge in [0.1, 0.15) is 6.20 Å². The monoisotopic (exact) mass is 269 g/mol. The van der Waals surface area contributed by atoms with Crippen molar-refractivity contribution in [3.05, 3.63) is 54.4 Å². The fourth-order valence-corrected chi connectivity index (χ4v) is 2.18. The lowest BCUT2D eigenvalue weighted by Gasteiger charge is -2.25. The van der Waals surface area contributed by atoms with E-state index in [0.29, 0.717) is 11.8 Å². The molecule has 2 heterocycles. The Morgan fingerprint density at radius 3 is 2.75 bits per heavy atom. The van der Waals surface area contributed by atoms with Crippen LogP contribution in [-0.4, -0.2) is 11.4 Å². The Morgan fingerprint density at radius 1 is 1.30 bits per heavy atom. The number of hydrogen-bond acceptors (Lipinski definition) is 4. The summed E-state index contributed by atoms with van der Waals surface area (Å²) in [5.41, 5.74) is 1.02. The summed E-state index contributed by atoms with van der Waals surface area (Å²) in [6.07, 6.45) is 5.80. The van der Waals surface area contributed by atoms with E-state index in [9.17, 15) is 0 Å². The van der Waals surface area contributed by atoms with Gasteiger partial charge < -0.3 is 9.26 Å². The van der Waals surface area contributed by atoms with E-state index in [1.807, 2.05) is 41.3 Å². The molecule has 0 aliphatic carbocycles. The number of nitrogens with zero attached hydrogens (tertiary/aromatic N) is 2. The molecule has 1 aromatic heterocycles. The van der Waals surface area contributed by atoms with Crippen LogP contribution in [0.5, 0.6) is 0 Å². The van der Waals surface area contributed by atoms with Crippen LogP contribution in [0.3, 0.4) is 0 Å². The fraction of sp³-hybridized carbons (Fsp3) is 0.312. The third kappa shape index (κ3) is 2.29. The number of aromatic nitrogens is 1. The minimum atomic E-state index is -0.108. The predicted molar refractivity (Wildman–Crippen MR) is 76.4 cm³/mol. The largest absolute Gasteiger partial charge is 0.467 e. The highest BCUT2D eigenvalue weighted by Crippen LogP contribution is 2.34. The number of ether oxygens (including phenoxy) is 1. The highest BCUT2D eigenvalue weighted by molar-refractivity contribution is 5.63. The zero-order valence-corrected chi connectivity index (χ0v) is 11.6. The number of anilines is 1. The zero-order valence-electron chi connectivity index (χ0n) is 11.6. The van der Waals surface area contributed by atoms with E-state index in [-0.39, 0.29) is 6.23 Å². The van der Waals surface area contributed by atoms with Crippen molar-refractivity contribution in [1.29, 1.82) is 0 Å². The molecular weight excluding hydrogens is 252 g/mol. The molecule has 1 radical (unpaired) electrons. The maximum atomic E-state index is 6.08. The molecule has 103 valence electrons. The first-order chi connectivity index (χ1) is 9.79. The van der Waals surface area contributed by atoms with Gasteiger partial charge in [-0.15, -0.1) is 0 Å². The number of benzene rings is 1. The zero-order chi connectivity index (χ0) is 13.9. The van der Waals surface area contributed by atoms with Crippen molar-refractivity contribution < 1.29 is 9.26 Å². The molecule has 0 saturated carbocycles. The average molecular weight is 269 g/mol. The standard InChI is InChI=1S/C16H17N2O2/c1-3-12(2)16-18(15-9-10-17-20-15)11-14(19-16)13-7-5-4-6-8-13/h4-10,12,16H,3H2,1-2H3. The van der Waals surface area contributed by atoms with Gasteiger partial charge in [0.25, 0.3) is 0 Å². The summed E-state index contributed by atoms with van der Waals surface area (Å²) >= 11 is 0. The van der Waals surface area contributed by atoms with Gasteiger partial charge in [-0.2, -0.15) is 0 Å². The summed E-state index contributed by atoms with van der Waals surface area (Å²) in [6.45, 7) is 4.30. The first-order valence-electron chi connectivity index (χ1n) is 6.85. The van der Waals surface area contributed by atoms with Crippen LogP contribution in [0.4, 0.5) is 5.88 Å². The highest BCUT2D eigenvalue weighted by Gasteiger charge is 2.34. The van der Waals surface area contributed by atoms with Crippen LogP contribution >= 0.6 is 0 Å². The quantitative estimate of drug-likeness (QED) is 0.848. The first kappa shape index (κ1) is 12.8. The van der Waals surface area contributed by atoms with Crippen molar-refractivity contribution in [2.24, 2.45) is 5.92 Å². The van der Waals surface area contributed by atoms with E-state index in [0.717, 1.165) is 17.7 Å². The van der Waals surface area contributed by atoms with E-state index in [4.69, 9.17) is 9.26 Å². The first-order valence-corrected chi connectivity index (χ1v) is 6.85. The Bertz CT molecular complexity index is 578. The Labute approximate surface area is 118 Å². The molecule has 1 aliphatic rings.